The maximum Gasteiger partial charge on any atom is 0.253 e. The van der Waals surface area contributed by atoms with E-state index >= 15 is 0 Å². The molecule has 0 bridgehead atoms. The summed E-state index contributed by atoms with van der Waals surface area (Å²) in [5.74, 6) is -1.15. The van der Waals surface area contributed by atoms with Crippen molar-refractivity contribution < 1.29 is 14.3 Å². The van der Waals surface area contributed by atoms with Gasteiger partial charge in [0.15, 0.2) is 6.10 Å². The molecule has 1 unspecified atom stereocenters. The smallest absolute Gasteiger partial charge is 0.253 e. The van der Waals surface area contributed by atoms with Gasteiger partial charge in [-0.3, -0.25) is 4.79 Å². The maximum atomic E-state index is 14.0. The lowest BCUT2D eigenvalue weighted by Gasteiger charge is -2.13. The van der Waals surface area contributed by atoms with Crippen molar-refractivity contribution in [1.82, 2.24) is 5.32 Å². The fourth-order valence-electron chi connectivity index (χ4n) is 2.27. The molecule has 2 rings (SSSR count). The first-order valence-corrected chi connectivity index (χ1v) is 7.29. The highest BCUT2D eigenvalue weighted by Gasteiger charge is 2.17. The Morgan fingerprint density at radius 3 is 2.61 bits per heavy atom. The molecule has 0 aliphatic heterocycles. The predicted molar refractivity (Wildman–Crippen MR) is 83.7 cm³/mol. The van der Waals surface area contributed by atoms with Gasteiger partial charge in [0, 0.05) is 12.1 Å². The van der Waals surface area contributed by atoms with Gasteiger partial charge >= 0.3 is 0 Å². The summed E-state index contributed by atoms with van der Waals surface area (Å²) in [6.45, 7) is 1.82. The molecule has 0 aromatic heterocycles. The third-order valence-electron chi connectivity index (χ3n) is 3.59. The van der Waals surface area contributed by atoms with Crippen LogP contribution in [-0.2, 0) is 17.8 Å². The Labute approximate surface area is 134 Å². The van der Waals surface area contributed by atoms with Gasteiger partial charge in [0.2, 0.25) is 0 Å². The second-order valence-corrected chi connectivity index (χ2v) is 5.10. The number of carbonyl (C=O) groups is 1. The Morgan fingerprint density at radius 2 is 2.00 bits per heavy atom. The van der Waals surface area contributed by atoms with Crippen molar-refractivity contribution in [2.75, 3.05) is 0 Å². The minimum absolute atomic E-state index is 0.0483. The number of nitrogens with zero attached hydrogens (tertiary/aromatic N) is 1. The molecular formula is C18H17FN2O2. The third kappa shape index (κ3) is 3.93. The number of benzene rings is 2. The standard InChI is InChI=1S/C18H17FN2O2/c1-2-12-8-15(16(19)9-14(12)10-20)11-21-18(23)17(22)13-6-4-3-5-7-13/h3-9,17,22H,2,11H2,1H3,(H,21,23). The Bertz CT molecular complexity index is 739. The maximum absolute atomic E-state index is 14.0. The summed E-state index contributed by atoms with van der Waals surface area (Å²) in [5, 5.41) is 21.4. The predicted octanol–water partition coefficient (Wildman–Crippen LogP) is 2.61. The molecule has 5 heteroatoms. The first-order chi connectivity index (χ1) is 11.1. The van der Waals surface area contributed by atoms with Gasteiger partial charge in [-0.1, -0.05) is 37.3 Å². The fourth-order valence-corrected chi connectivity index (χ4v) is 2.27. The molecule has 23 heavy (non-hydrogen) atoms. The number of amides is 1. The molecule has 1 atom stereocenters. The van der Waals surface area contributed by atoms with Crippen LogP contribution in [0.1, 0.15) is 35.3 Å². The van der Waals surface area contributed by atoms with Gasteiger partial charge in [0.05, 0.1) is 11.6 Å². The van der Waals surface area contributed by atoms with E-state index in [4.69, 9.17) is 5.26 Å². The lowest BCUT2D eigenvalue weighted by molar-refractivity contribution is -0.129. The number of aliphatic hydroxyl groups excluding tert-OH is 1. The molecule has 0 saturated heterocycles. The van der Waals surface area contributed by atoms with Crippen molar-refractivity contribution >= 4 is 5.91 Å². The molecule has 2 N–H and O–H groups in total. The lowest BCUT2D eigenvalue weighted by Crippen LogP contribution is -2.29. The first-order valence-electron chi connectivity index (χ1n) is 7.29. The van der Waals surface area contributed by atoms with Crippen LogP contribution >= 0.6 is 0 Å². The summed E-state index contributed by atoms with van der Waals surface area (Å²) >= 11 is 0. The molecule has 4 nitrogen and oxygen atoms in total. The van der Waals surface area contributed by atoms with E-state index in [1.807, 2.05) is 13.0 Å². The minimum Gasteiger partial charge on any atom is -0.378 e. The highest BCUT2D eigenvalue weighted by atomic mass is 19.1. The fraction of sp³-hybridized carbons (Fsp3) is 0.222. The van der Waals surface area contributed by atoms with E-state index in [0.717, 1.165) is 5.56 Å². The van der Waals surface area contributed by atoms with Crippen molar-refractivity contribution in [2.45, 2.75) is 26.0 Å². The van der Waals surface area contributed by atoms with Crippen molar-refractivity contribution in [3.05, 3.63) is 70.5 Å². The average Bonchev–Trinajstić information content (AvgIpc) is 2.60. The van der Waals surface area contributed by atoms with E-state index in [2.05, 4.69) is 5.32 Å². The second-order valence-electron chi connectivity index (χ2n) is 5.10. The highest BCUT2D eigenvalue weighted by molar-refractivity contribution is 5.81. The molecule has 118 valence electrons. The van der Waals surface area contributed by atoms with Gasteiger partial charge in [-0.15, -0.1) is 0 Å². The van der Waals surface area contributed by atoms with E-state index < -0.39 is 17.8 Å². The molecule has 2 aromatic rings. The Hall–Kier alpha value is -2.71. The van der Waals surface area contributed by atoms with Crippen molar-refractivity contribution in [3.63, 3.8) is 0 Å². The summed E-state index contributed by atoms with van der Waals surface area (Å²) in [6.07, 6.45) is -0.709. The summed E-state index contributed by atoms with van der Waals surface area (Å²) in [7, 11) is 0. The summed E-state index contributed by atoms with van der Waals surface area (Å²) in [4.78, 5) is 12.0. The average molecular weight is 312 g/mol. The van der Waals surface area contributed by atoms with Crippen molar-refractivity contribution in [2.24, 2.45) is 0 Å². The number of halogens is 1. The molecular weight excluding hydrogens is 295 g/mol. The number of nitriles is 1. The number of aliphatic hydroxyl groups is 1. The molecule has 0 fully saturated rings. The lowest BCUT2D eigenvalue weighted by atomic mass is 10.0. The van der Waals surface area contributed by atoms with Crippen LogP contribution in [0.15, 0.2) is 42.5 Å². The van der Waals surface area contributed by atoms with E-state index in [1.54, 1.807) is 36.4 Å². The topological polar surface area (TPSA) is 73.1 Å². The highest BCUT2D eigenvalue weighted by Crippen LogP contribution is 2.17. The van der Waals surface area contributed by atoms with Gasteiger partial charge in [-0.2, -0.15) is 5.26 Å². The zero-order chi connectivity index (χ0) is 16.8. The van der Waals surface area contributed by atoms with Crippen LogP contribution in [0.25, 0.3) is 0 Å². The van der Waals surface area contributed by atoms with Crippen molar-refractivity contribution in [3.8, 4) is 6.07 Å². The van der Waals surface area contributed by atoms with Gasteiger partial charge in [-0.25, -0.2) is 4.39 Å². The van der Waals surface area contributed by atoms with Gasteiger partial charge < -0.3 is 10.4 Å². The van der Waals surface area contributed by atoms with Crippen LogP contribution in [0.3, 0.4) is 0 Å². The molecule has 0 aliphatic rings. The molecule has 2 aromatic carbocycles. The summed E-state index contributed by atoms with van der Waals surface area (Å²) in [6, 6.07) is 13.2. The first kappa shape index (κ1) is 16.7. The number of rotatable bonds is 5. The molecule has 0 aliphatic carbocycles. The van der Waals surface area contributed by atoms with Gasteiger partial charge in [0.25, 0.3) is 5.91 Å². The molecule has 0 saturated carbocycles. The van der Waals surface area contributed by atoms with Gasteiger partial charge in [0.1, 0.15) is 5.82 Å². The Morgan fingerprint density at radius 1 is 1.30 bits per heavy atom. The van der Waals surface area contributed by atoms with E-state index in [9.17, 15) is 14.3 Å². The van der Waals surface area contributed by atoms with E-state index in [0.29, 0.717) is 17.5 Å². The van der Waals surface area contributed by atoms with E-state index in [-0.39, 0.29) is 12.1 Å². The Balaban J connectivity index is 2.09. The second kappa shape index (κ2) is 7.52. The number of hydrogen-bond acceptors (Lipinski definition) is 3. The summed E-state index contributed by atoms with van der Waals surface area (Å²) in [5.41, 5.74) is 1.78. The number of aryl methyl sites for hydroxylation is 1. The van der Waals surface area contributed by atoms with Gasteiger partial charge in [-0.05, 0) is 29.7 Å². The zero-order valence-corrected chi connectivity index (χ0v) is 12.7. The molecule has 1 amide bonds. The zero-order valence-electron chi connectivity index (χ0n) is 12.7. The number of nitrogens with one attached hydrogen (secondary N) is 1. The van der Waals surface area contributed by atoms with Crippen LogP contribution in [-0.4, -0.2) is 11.0 Å². The normalized spacial score (nSPS) is 11.6. The number of carbonyl (C=O) groups excluding carboxylic acids is 1. The quantitative estimate of drug-likeness (QED) is 0.891. The minimum atomic E-state index is -1.30. The number of hydrogen-bond donors (Lipinski definition) is 2. The molecule has 0 heterocycles. The van der Waals surface area contributed by atoms with Crippen molar-refractivity contribution in [1.29, 1.82) is 5.26 Å². The molecule has 0 spiro atoms. The van der Waals surface area contributed by atoms with Crippen LogP contribution in [0, 0.1) is 17.1 Å². The summed E-state index contributed by atoms with van der Waals surface area (Å²) < 4.78 is 14.0. The third-order valence-corrected chi connectivity index (χ3v) is 3.59. The van der Waals surface area contributed by atoms with E-state index in [1.165, 1.54) is 6.07 Å². The molecule has 0 radical (unpaired) electrons. The monoisotopic (exact) mass is 312 g/mol. The largest absolute Gasteiger partial charge is 0.378 e. The van der Waals surface area contributed by atoms with Crippen LogP contribution in [0.5, 0.6) is 0 Å². The Kier molecular flexibility index (Phi) is 5.45. The SMILES string of the molecule is CCc1cc(CNC(=O)C(O)c2ccccc2)c(F)cc1C#N. The van der Waals surface area contributed by atoms with Crippen LogP contribution in [0.2, 0.25) is 0 Å². The van der Waals surface area contributed by atoms with Crippen LogP contribution < -0.4 is 5.32 Å². The van der Waals surface area contributed by atoms with Crippen LogP contribution in [0.4, 0.5) is 4.39 Å².